The molecule has 0 N–H and O–H groups in total. The van der Waals surface area contributed by atoms with E-state index >= 15 is 0 Å². The average molecular weight is 488 g/mol. The van der Waals surface area contributed by atoms with Crippen LogP contribution in [0.1, 0.15) is 28.8 Å². The normalized spacial score (nSPS) is 12.7. The predicted molar refractivity (Wildman–Crippen MR) is 146 cm³/mol. The van der Waals surface area contributed by atoms with Crippen molar-refractivity contribution >= 4 is 93.3 Å². The van der Waals surface area contributed by atoms with Crippen molar-refractivity contribution in [1.29, 1.82) is 0 Å². The first-order valence-corrected chi connectivity index (χ1v) is 12.7. The molecule has 0 aliphatic heterocycles. The second-order valence-electron chi connectivity index (χ2n) is 7.29. The minimum absolute atomic E-state index is 0.0377. The summed E-state index contributed by atoms with van der Waals surface area (Å²) in [7, 11) is 12.9. The number of aromatic nitrogens is 1. The number of hydrogen-bond donors (Lipinski definition) is 0. The Kier molecular flexibility index (Phi) is 6.56. The van der Waals surface area contributed by atoms with Crippen molar-refractivity contribution in [3.05, 3.63) is 45.3 Å². The molecule has 4 atom stereocenters. The summed E-state index contributed by atoms with van der Waals surface area (Å²) in [5.41, 5.74) is 3.69. The van der Waals surface area contributed by atoms with E-state index < -0.39 is 0 Å². The van der Waals surface area contributed by atoms with Gasteiger partial charge in [0.15, 0.2) is 0 Å². The third kappa shape index (κ3) is 3.83. The summed E-state index contributed by atoms with van der Waals surface area (Å²) in [6.45, 7) is 2.07. The molecule has 30 heavy (non-hydrogen) atoms. The number of carbonyl (C=O) groups is 1. The van der Waals surface area contributed by atoms with Crippen LogP contribution in [0.2, 0.25) is 0 Å². The molecular weight excluding hydrogens is 464 g/mol. The maximum atomic E-state index is 13.6. The fourth-order valence-electron chi connectivity index (χ4n) is 3.60. The van der Waals surface area contributed by atoms with Gasteiger partial charge in [0, 0.05) is 12.6 Å². The number of rotatable bonds is 3. The van der Waals surface area contributed by atoms with Crippen LogP contribution in [0, 0.1) is 6.92 Å². The number of fused-ring (bicyclic) bond motifs is 1. The van der Waals surface area contributed by atoms with Gasteiger partial charge < -0.3 is 4.90 Å². The van der Waals surface area contributed by atoms with Crippen molar-refractivity contribution in [3.63, 3.8) is 0 Å². The monoisotopic (exact) mass is 488 g/mol. The van der Waals surface area contributed by atoms with Gasteiger partial charge in [-0.2, -0.15) is 0 Å². The van der Waals surface area contributed by atoms with E-state index in [9.17, 15) is 4.79 Å². The summed E-state index contributed by atoms with van der Waals surface area (Å²) in [5.74, 6) is -0.0377. The van der Waals surface area contributed by atoms with Crippen molar-refractivity contribution in [2.75, 3.05) is 11.9 Å². The smallest absolute Gasteiger partial charge is 0.259 e. The van der Waals surface area contributed by atoms with E-state index in [4.69, 9.17) is 4.98 Å². The molecule has 3 nitrogen and oxygen atoms in total. The van der Waals surface area contributed by atoms with Crippen LogP contribution in [0.4, 0.5) is 5.69 Å². The number of nitrogens with zero attached hydrogens (tertiary/aromatic N) is 2. The molecule has 0 spiro atoms. The topological polar surface area (TPSA) is 33.2 Å². The van der Waals surface area contributed by atoms with E-state index in [0.29, 0.717) is 5.56 Å². The van der Waals surface area contributed by atoms with Gasteiger partial charge >= 0.3 is 0 Å². The largest absolute Gasteiger partial charge is 0.311 e. The van der Waals surface area contributed by atoms with Gasteiger partial charge in [-0.1, -0.05) is 24.3 Å². The van der Waals surface area contributed by atoms with Gasteiger partial charge in [0.25, 0.3) is 5.91 Å². The van der Waals surface area contributed by atoms with Gasteiger partial charge in [-0.05, 0) is 58.7 Å². The Morgan fingerprint density at radius 2 is 1.63 bits per heavy atom. The molecule has 0 fully saturated rings. The number of carbonyl (C=O) groups excluding carboxylic acids is 1. The second-order valence-corrected chi connectivity index (χ2v) is 10.6. The lowest BCUT2D eigenvalue weighted by molar-refractivity contribution is 0.0995. The van der Waals surface area contributed by atoms with Gasteiger partial charge in [-0.3, -0.25) is 4.79 Å². The van der Waals surface area contributed by atoms with Gasteiger partial charge in [0.2, 0.25) is 0 Å². The number of benzene rings is 2. The van der Waals surface area contributed by atoms with Crippen LogP contribution in [-0.4, -0.2) is 17.9 Å². The first-order chi connectivity index (χ1) is 14.3. The summed E-state index contributed by atoms with van der Waals surface area (Å²) >= 11 is 1.69. The molecule has 2 aromatic carbocycles. The molecule has 3 aromatic rings. The lowest BCUT2D eigenvalue weighted by Crippen LogP contribution is -2.41. The van der Waals surface area contributed by atoms with Crippen molar-refractivity contribution in [2.24, 2.45) is 0 Å². The van der Waals surface area contributed by atoms with Gasteiger partial charge in [0.1, 0.15) is 5.01 Å². The quantitative estimate of drug-likeness (QED) is 0.527. The van der Waals surface area contributed by atoms with Crippen molar-refractivity contribution < 1.29 is 4.79 Å². The molecule has 1 heterocycles. The number of hydrogen-bond acceptors (Lipinski definition) is 3. The highest BCUT2D eigenvalue weighted by molar-refractivity contribution is 7.39. The molecule has 0 radical (unpaired) electrons. The number of para-hydroxylation sites is 1. The van der Waals surface area contributed by atoms with Gasteiger partial charge in [-0.15, -0.1) is 48.3 Å². The molecule has 8 heteroatoms. The van der Waals surface area contributed by atoms with Crippen LogP contribution >= 0.6 is 48.3 Å². The summed E-state index contributed by atoms with van der Waals surface area (Å²) in [6.07, 6.45) is 6.54. The standard InChI is InChI=1S/C22H24N2OP4S/c1-11-17(26)19(28)16(20(29)18(11)27)22(25)24(2)14-9-5-3-7-12(14)21-23-13-8-4-6-10-15(13)30-21/h3,5,7-10H,4,6,26-29H2,1-2H3. The van der Waals surface area contributed by atoms with Crippen LogP contribution in [0.5, 0.6) is 0 Å². The third-order valence-electron chi connectivity index (χ3n) is 5.46. The fraction of sp³-hybridized carbons (Fsp3) is 0.182. The Balaban J connectivity index is 1.82. The Bertz CT molecular complexity index is 1240. The molecule has 1 amide bonds. The summed E-state index contributed by atoms with van der Waals surface area (Å²) < 4.78 is 1.22. The third-order valence-corrected chi connectivity index (χ3v) is 9.91. The molecule has 1 aliphatic carbocycles. The Labute approximate surface area is 190 Å². The minimum Gasteiger partial charge on any atom is -0.311 e. The maximum absolute atomic E-state index is 13.6. The maximum Gasteiger partial charge on any atom is 0.259 e. The molecule has 1 aromatic heterocycles. The minimum atomic E-state index is -0.0377. The SMILES string of the molecule is Cc1c(P)c(P)c(C(=O)N(C)c2ccccc2-c2nc3c(s2)=CCCC=3)c(P)c1P. The molecule has 4 rings (SSSR count). The molecular formula is C22H24N2OP4S. The van der Waals surface area contributed by atoms with E-state index in [1.165, 1.54) is 4.53 Å². The first kappa shape index (κ1) is 22.2. The van der Waals surface area contributed by atoms with Crippen molar-refractivity contribution in [1.82, 2.24) is 4.98 Å². The van der Waals surface area contributed by atoms with Crippen LogP contribution in [0.25, 0.3) is 22.7 Å². The van der Waals surface area contributed by atoms with E-state index in [1.807, 2.05) is 31.3 Å². The number of anilines is 1. The zero-order chi connectivity index (χ0) is 21.6. The first-order valence-electron chi connectivity index (χ1n) is 9.58. The summed E-state index contributed by atoms with van der Waals surface area (Å²) in [4.78, 5) is 20.2. The van der Waals surface area contributed by atoms with Crippen molar-refractivity contribution in [3.8, 4) is 10.6 Å². The highest BCUT2D eigenvalue weighted by atomic mass is 32.1. The highest BCUT2D eigenvalue weighted by Gasteiger charge is 2.24. The molecule has 4 unspecified atom stereocenters. The molecule has 0 saturated carbocycles. The fourth-order valence-corrected chi connectivity index (χ4v) is 6.60. The van der Waals surface area contributed by atoms with E-state index in [-0.39, 0.29) is 5.91 Å². The molecule has 0 saturated heterocycles. The number of amides is 1. The molecule has 0 bridgehead atoms. The van der Waals surface area contributed by atoms with Crippen LogP contribution < -0.4 is 36.0 Å². The van der Waals surface area contributed by atoms with Crippen LogP contribution in [0.15, 0.2) is 24.3 Å². The Morgan fingerprint density at radius 3 is 2.30 bits per heavy atom. The summed E-state index contributed by atoms with van der Waals surface area (Å²) in [6, 6.07) is 8.00. The number of thiazole rings is 1. The van der Waals surface area contributed by atoms with Gasteiger partial charge in [0.05, 0.1) is 21.1 Å². The van der Waals surface area contributed by atoms with Gasteiger partial charge in [-0.25, -0.2) is 4.98 Å². The highest BCUT2D eigenvalue weighted by Crippen LogP contribution is 2.31. The lowest BCUT2D eigenvalue weighted by atomic mass is 10.1. The van der Waals surface area contributed by atoms with Crippen LogP contribution in [-0.2, 0) is 0 Å². The summed E-state index contributed by atoms with van der Waals surface area (Å²) in [5, 5.41) is 5.92. The lowest BCUT2D eigenvalue weighted by Gasteiger charge is -2.24. The zero-order valence-corrected chi connectivity index (χ0v) is 22.3. The predicted octanol–water partition coefficient (Wildman–Crippen LogP) is 1.75. The van der Waals surface area contributed by atoms with E-state index in [1.54, 1.807) is 16.2 Å². The molecule has 1 aliphatic rings. The second kappa shape index (κ2) is 8.86. The van der Waals surface area contributed by atoms with Crippen LogP contribution in [0.3, 0.4) is 0 Å². The Morgan fingerprint density at radius 1 is 1.00 bits per heavy atom. The zero-order valence-electron chi connectivity index (χ0n) is 16.9. The van der Waals surface area contributed by atoms with Crippen molar-refractivity contribution in [2.45, 2.75) is 19.8 Å². The Hall–Kier alpha value is -1.00. The molecule has 154 valence electrons. The van der Waals surface area contributed by atoms with E-state index in [2.05, 4.69) is 56.0 Å². The average Bonchev–Trinajstić information content (AvgIpc) is 3.20. The van der Waals surface area contributed by atoms with E-state index in [0.717, 1.165) is 61.2 Å².